The fraction of sp³-hybridized carbons (Fsp3) is 0.419. The number of aromatic nitrogens is 3. The number of benzene rings is 2. The molecule has 2 heterocycles. The van der Waals surface area contributed by atoms with Crippen molar-refractivity contribution in [2.45, 2.75) is 63.8 Å². The summed E-state index contributed by atoms with van der Waals surface area (Å²) in [6, 6.07) is 7.83. The van der Waals surface area contributed by atoms with E-state index < -0.39 is 59.6 Å². The van der Waals surface area contributed by atoms with Crippen molar-refractivity contribution in [1.29, 1.82) is 0 Å². The summed E-state index contributed by atoms with van der Waals surface area (Å²) in [6.07, 6.45) is 1.72. The number of nitrogens with two attached hydrogens (primary N) is 1. The zero-order chi connectivity index (χ0) is 32.8. The number of halogens is 2. The number of amides is 4. The van der Waals surface area contributed by atoms with E-state index in [9.17, 15) is 28.0 Å². The highest BCUT2D eigenvalue weighted by Crippen LogP contribution is 2.30. The van der Waals surface area contributed by atoms with Gasteiger partial charge >= 0.3 is 0 Å². The van der Waals surface area contributed by atoms with E-state index in [0.29, 0.717) is 0 Å². The van der Waals surface area contributed by atoms with E-state index in [-0.39, 0.29) is 42.5 Å². The summed E-state index contributed by atoms with van der Waals surface area (Å²) in [5, 5.41) is 16.5. The number of rotatable bonds is 12. The van der Waals surface area contributed by atoms with Crippen LogP contribution in [0.4, 0.5) is 8.78 Å². The molecule has 12 nitrogen and oxygen atoms in total. The molecule has 1 fully saturated rings. The molecule has 4 rings (SSSR count). The number of likely N-dealkylation sites (tertiary alicyclic amines) is 1. The summed E-state index contributed by atoms with van der Waals surface area (Å²) in [5.74, 6) is -4.10. The van der Waals surface area contributed by atoms with Crippen LogP contribution in [0.5, 0.6) is 0 Å². The van der Waals surface area contributed by atoms with Crippen LogP contribution in [-0.4, -0.2) is 81.3 Å². The molecule has 1 aliphatic heterocycles. The number of likely N-dealkylation sites (N-methyl/N-ethyl adjacent to an activating group) is 1. The Balaban J connectivity index is 1.63. The first-order valence-electron chi connectivity index (χ1n) is 14.7. The quantitative estimate of drug-likeness (QED) is 0.236. The fourth-order valence-corrected chi connectivity index (χ4v) is 5.23. The van der Waals surface area contributed by atoms with Crippen LogP contribution in [0.15, 0.2) is 54.7 Å². The first-order chi connectivity index (χ1) is 21.4. The summed E-state index contributed by atoms with van der Waals surface area (Å²) in [7, 11) is 1.62. The van der Waals surface area contributed by atoms with Crippen molar-refractivity contribution in [3.05, 3.63) is 71.9 Å². The lowest BCUT2D eigenvalue weighted by Gasteiger charge is -2.31. The molecule has 14 heteroatoms. The van der Waals surface area contributed by atoms with Crippen LogP contribution in [0.1, 0.15) is 38.8 Å². The summed E-state index contributed by atoms with van der Waals surface area (Å²) >= 11 is 0. The first kappa shape index (κ1) is 33.2. The van der Waals surface area contributed by atoms with Gasteiger partial charge in [0.2, 0.25) is 23.6 Å². The largest absolute Gasteiger partial charge is 0.368 e. The van der Waals surface area contributed by atoms with Gasteiger partial charge in [-0.15, -0.1) is 5.10 Å². The molecule has 1 aliphatic rings. The minimum absolute atomic E-state index is 0.0117. The van der Waals surface area contributed by atoms with Gasteiger partial charge in [0.1, 0.15) is 35.5 Å². The average molecular weight is 625 g/mol. The summed E-state index contributed by atoms with van der Waals surface area (Å²) in [6.45, 7) is 5.22. The Morgan fingerprint density at radius 1 is 1.02 bits per heavy atom. The zero-order valence-corrected chi connectivity index (χ0v) is 25.5. The van der Waals surface area contributed by atoms with Gasteiger partial charge in [0.05, 0.1) is 18.3 Å². The zero-order valence-electron chi connectivity index (χ0n) is 25.5. The van der Waals surface area contributed by atoms with Crippen LogP contribution in [0.3, 0.4) is 0 Å². The van der Waals surface area contributed by atoms with Gasteiger partial charge < -0.3 is 26.6 Å². The second kappa shape index (κ2) is 14.4. The number of primary amides is 1. The molecule has 5 N–H and O–H groups in total. The Kier molecular flexibility index (Phi) is 10.6. The van der Waals surface area contributed by atoms with E-state index in [2.05, 4.69) is 26.3 Å². The van der Waals surface area contributed by atoms with E-state index in [1.54, 1.807) is 52.1 Å². The van der Waals surface area contributed by atoms with E-state index >= 15 is 0 Å². The Morgan fingerprint density at radius 3 is 2.29 bits per heavy atom. The van der Waals surface area contributed by atoms with Crippen molar-refractivity contribution < 1.29 is 28.0 Å². The Bertz CT molecular complexity index is 1510. The molecule has 0 radical (unpaired) electrons. The third-order valence-corrected chi connectivity index (χ3v) is 7.91. The molecule has 0 aliphatic carbocycles. The number of nitrogens with zero attached hydrogens (tertiary/aromatic N) is 4. The van der Waals surface area contributed by atoms with E-state index in [1.807, 2.05) is 6.07 Å². The smallest absolute Gasteiger partial charge is 0.246 e. The predicted octanol–water partition coefficient (Wildman–Crippen LogP) is 1.33. The van der Waals surface area contributed by atoms with E-state index in [4.69, 9.17) is 5.73 Å². The van der Waals surface area contributed by atoms with Gasteiger partial charge in [0.15, 0.2) is 0 Å². The highest BCUT2D eigenvalue weighted by Gasteiger charge is 2.44. The average Bonchev–Trinajstić information content (AvgIpc) is 3.67. The van der Waals surface area contributed by atoms with Crippen molar-refractivity contribution in [3.8, 4) is 11.3 Å². The minimum atomic E-state index is -1.06. The number of hydrogen-bond acceptors (Lipinski definition) is 7. The second-order valence-electron chi connectivity index (χ2n) is 11.5. The van der Waals surface area contributed by atoms with Crippen molar-refractivity contribution in [1.82, 2.24) is 35.8 Å². The lowest BCUT2D eigenvalue weighted by Crippen LogP contribution is -2.58. The topological polar surface area (TPSA) is 164 Å². The Labute approximate surface area is 259 Å². The van der Waals surface area contributed by atoms with E-state index in [0.717, 1.165) is 23.8 Å². The molecular weight excluding hydrogens is 586 g/mol. The first-order valence-corrected chi connectivity index (χ1v) is 14.7. The van der Waals surface area contributed by atoms with Gasteiger partial charge in [-0.05, 0) is 37.6 Å². The molecule has 0 spiro atoms. The normalized spacial score (nSPS) is 18.3. The van der Waals surface area contributed by atoms with Crippen LogP contribution >= 0.6 is 0 Å². The summed E-state index contributed by atoms with van der Waals surface area (Å²) < 4.78 is 29.1. The molecule has 0 unspecified atom stereocenters. The van der Waals surface area contributed by atoms with Gasteiger partial charge in [-0.3, -0.25) is 19.2 Å². The van der Waals surface area contributed by atoms with Gasteiger partial charge in [-0.2, -0.15) is 0 Å². The molecule has 0 saturated carbocycles. The van der Waals surface area contributed by atoms with Gasteiger partial charge in [-0.25, -0.2) is 13.5 Å². The molecule has 2 aromatic carbocycles. The lowest BCUT2D eigenvalue weighted by molar-refractivity contribution is -0.143. The third-order valence-electron chi connectivity index (χ3n) is 7.91. The maximum Gasteiger partial charge on any atom is 0.246 e. The van der Waals surface area contributed by atoms with Crippen LogP contribution in [0.25, 0.3) is 11.3 Å². The lowest BCUT2D eigenvalue weighted by atomic mass is 10.0. The van der Waals surface area contributed by atoms with Crippen LogP contribution < -0.4 is 21.7 Å². The molecule has 1 saturated heterocycles. The summed E-state index contributed by atoms with van der Waals surface area (Å²) in [5.41, 5.74) is 6.80. The number of carbonyl (C=O) groups excluding carboxylic acids is 4. The molecule has 3 aromatic rings. The van der Waals surface area contributed by atoms with Crippen molar-refractivity contribution >= 4 is 23.6 Å². The fourth-order valence-electron chi connectivity index (χ4n) is 5.23. The molecule has 1 aromatic heterocycles. The van der Waals surface area contributed by atoms with E-state index in [1.165, 1.54) is 15.8 Å². The standard InChI is InChI=1S/C31H38F2N8O4/c1-17(2)27(37-29(43)18(3)35-4)31(45)40-15-23(41-16-25(38-39-41)20-11-21(32)13-22(33)12-20)14-26(40)30(44)36-24(28(34)42)10-19-8-6-5-7-9-19/h5-9,11-13,16-18,23-24,26-27,35H,10,14-15H2,1-4H3,(H2,34,42)(H,36,44)(H,37,43)/t18-,23-,24-,26-,27-/m0/s1. The SMILES string of the molecule is CN[C@@H](C)C(=O)N[C@H](C(=O)N1C[C@@H](n2cc(-c3cc(F)cc(F)c3)nn2)C[C@H]1C(=O)N[C@@H](Cc1ccccc1)C(N)=O)C(C)C. The van der Waals surface area contributed by atoms with Crippen LogP contribution in [0.2, 0.25) is 0 Å². The molecule has 4 amide bonds. The minimum Gasteiger partial charge on any atom is -0.368 e. The highest BCUT2D eigenvalue weighted by molar-refractivity contribution is 5.95. The number of nitrogens with one attached hydrogen (secondary N) is 3. The maximum absolute atomic E-state index is 14.0. The Hall–Kier alpha value is -4.72. The molecule has 240 valence electrons. The van der Waals surface area contributed by atoms with Crippen LogP contribution in [0, 0.1) is 17.6 Å². The number of hydrogen-bond donors (Lipinski definition) is 4. The molecule has 45 heavy (non-hydrogen) atoms. The van der Waals surface area contributed by atoms with Crippen molar-refractivity contribution in [2.24, 2.45) is 11.7 Å². The molecule has 5 atom stereocenters. The summed E-state index contributed by atoms with van der Waals surface area (Å²) in [4.78, 5) is 54.2. The van der Waals surface area contributed by atoms with Gasteiger partial charge in [0, 0.05) is 31.0 Å². The maximum atomic E-state index is 14.0. The van der Waals surface area contributed by atoms with Gasteiger partial charge in [0.25, 0.3) is 0 Å². The molecular formula is C31H38F2N8O4. The van der Waals surface area contributed by atoms with Crippen molar-refractivity contribution in [3.63, 3.8) is 0 Å². The molecule has 0 bridgehead atoms. The Morgan fingerprint density at radius 2 is 1.69 bits per heavy atom. The predicted molar refractivity (Wildman–Crippen MR) is 161 cm³/mol. The van der Waals surface area contributed by atoms with Crippen LogP contribution in [-0.2, 0) is 25.6 Å². The van der Waals surface area contributed by atoms with Gasteiger partial charge in [-0.1, -0.05) is 49.4 Å². The third kappa shape index (κ3) is 8.06. The number of carbonyl (C=O) groups is 4. The highest BCUT2D eigenvalue weighted by atomic mass is 19.1. The monoisotopic (exact) mass is 624 g/mol. The van der Waals surface area contributed by atoms with Crippen molar-refractivity contribution in [2.75, 3.05) is 13.6 Å². The second-order valence-corrected chi connectivity index (χ2v) is 11.5.